The van der Waals surface area contributed by atoms with E-state index in [0.717, 1.165) is 49.8 Å². The Morgan fingerprint density at radius 2 is 1.65 bits per heavy atom. The Labute approximate surface area is 183 Å². The number of amides is 1. The van der Waals surface area contributed by atoms with Gasteiger partial charge in [0, 0.05) is 50.0 Å². The van der Waals surface area contributed by atoms with Gasteiger partial charge in [-0.05, 0) is 38.0 Å². The maximum absolute atomic E-state index is 12.6. The Hall–Kier alpha value is -3.41. The number of rotatable bonds is 6. The predicted molar refractivity (Wildman–Crippen MR) is 125 cm³/mol. The van der Waals surface area contributed by atoms with Gasteiger partial charge < -0.3 is 15.1 Å². The van der Waals surface area contributed by atoms with E-state index >= 15 is 0 Å². The molecular formula is C25H29N5O. The maximum atomic E-state index is 12.6. The zero-order chi connectivity index (χ0) is 21.6. The summed E-state index contributed by atoms with van der Waals surface area (Å²) in [7, 11) is 0. The van der Waals surface area contributed by atoms with Gasteiger partial charge in [0.25, 0.3) is 0 Å². The summed E-state index contributed by atoms with van der Waals surface area (Å²) in [4.78, 5) is 26.1. The molecule has 160 valence electrons. The molecule has 0 aliphatic carbocycles. The molecule has 0 bridgehead atoms. The first-order valence-electron chi connectivity index (χ1n) is 10.8. The quantitative estimate of drug-likeness (QED) is 0.656. The van der Waals surface area contributed by atoms with E-state index in [1.807, 2.05) is 48.2 Å². The third-order valence-corrected chi connectivity index (χ3v) is 5.58. The highest BCUT2D eigenvalue weighted by atomic mass is 16.2. The van der Waals surface area contributed by atoms with Crippen molar-refractivity contribution in [3.05, 3.63) is 77.5 Å². The number of anilines is 3. The largest absolute Gasteiger partial charge is 0.353 e. The molecule has 0 radical (unpaired) electrons. The molecular weight excluding hydrogens is 386 g/mol. The average Bonchev–Trinajstić information content (AvgIpc) is 2.79. The van der Waals surface area contributed by atoms with Gasteiger partial charge in [0.05, 0.1) is 0 Å². The van der Waals surface area contributed by atoms with Gasteiger partial charge in [-0.15, -0.1) is 0 Å². The molecule has 2 aromatic carbocycles. The fraction of sp³-hybridized carbons (Fsp3) is 0.320. The summed E-state index contributed by atoms with van der Waals surface area (Å²) in [5.41, 5.74) is 4.31. The third-order valence-electron chi connectivity index (χ3n) is 5.58. The molecule has 6 nitrogen and oxygen atoms in total. The van der Waals surface area contributed by atoms with Crippen molar-refractivity contribution in [3.8, 4) is 0 Å². The van der Waals surface area contributed by atoms with Crippen molar-refractivity contribution < 1.29 is 4.79 Å². The van der Waals surface area contributed by atoms with E-state index in [9.17, 15) is 4.79 Å². The summed E-state index contributed by atoms with van der Waals surface area (Å²) in [5.74, 6) is 1.72. The van der Waals surface area contributed by atoms with Crippen LogP contribution in [0.25, 0.3) is 0 Å². The smallest absolute Gasteiger partial charge is 0.229 e. The molecule has 2 heterocycles. The van der Waals surface area contributed by atoms with E-state index in [1.54, 1.807) is 0 Å². The molecule has 1 aromatic heterocycles. The molecule has 4 rings (SSSR count). The van der Waals surface area contributed by atoms with E-state index in [4.69, 9.17) is 4.98 Å². The molecule has 1 amide bonds. The number of hydrogen-bond acceptors (Lipinski definition) is 5. The first kappa shape index (κ1) is 20.8. The van der Waals surface area contributed by atoms with Crippen LogP contribution in [-0.2, 0) is 11.2 Å². The van der Waals surface area contributed by atoms with Crippen molar-refractivity contribution >= 4 is 23.4 Å². The lowest BCUT2D eigenvalue weighted by molar-refractivity contribution is -0.131. The van der Waals surface area contributed by atoms with Crippen molar-refractivity contribution in [2.24, 2.45) is 0 Å². The SMILES string of the molecule is Cc1ccc(Nc2nc(C)cc(N3CCN(C(=O)CCc4ccccc4)CC3)n2)cc1. The maximum Gasteiger partial charge on any atom is 0.229 e. The highest BCUT2D eigenvalue weighted by Gasteiger charge is 2.22. The number of benzene rings is 2. The first-order valence-corrected chi connectivity index (χ1v) is 10.8. The number of hydrogen-bond donors (Lipinski definition) is 1. The zero-order valence-electron chi connectivity index (χ0n) is 18.2. The lowest BCUT2D eigenvalue weighted by Gasteiger charge is -2.35. The summed E-state index contributed by atoms with van der Waals surface area (Å²) < 4.78 is 0. The van der Waals surface area contributed by atoms with Gasteiger partial charge in [0.1, 0.15) is 5.82 Å². The highest BCUT2D eigenvalue weighted by molar-refractivity contribution is 5.76. The summed E-state index contributed by atoms with van der Waals surface area (Å²) in [6.07, 6.45) is 1.35. The van der Waals surface area contributed by atoms with E-state index < -0.39 is 0 Å². The fourth-order valence-corrected chi connectivity index (χ4v) is 3.77. The van der Waals surface area contributed by atoms with Gasteiger partial charge in [-0.3, -0.25) is 4.79 Å². The second-order valence-corrected chi connectivity index (χ2v) is 8.04. The molecule has 1 aliphatic rings. The van der Waals surface area contributed by atoms with Gasteiger partial charge in [0.15, 0.2) is 0 Å². The zero-order valence-corrected chi connectivity index (χ0v) is 18.2. The van der Waals surface area contributed by atoms with Gasteiger partial charge >= 0.3 is 0 Å². The standard InChI is InChI=1S/C25H29N5O/c1-19-8-11-22(12-9-19)27-25-26-20(2)18-23(28-25)29-14-16-30(17-15-29)24(31)13-10-21-6-4-3-5-7-21/h3-9,11-12,18H,10,13-17H2,1-2H3,(H,26,27,28). The molecule has 6 heteroatoms. The highest BCUT2D eigenvalue weighted by Crippen LogP contribution is 2.20. The molecule has 0 saturated carbocycles. The second-order valence-electron chi connectivity index (χ2n) is 8.04. The summed E-state index contributed by atoms with van der Waals surface area (Å²) in [5, 5.41) is 3.30. The molecule has 1 aliphatic heterocycles. The number of nitrogens with one attached hydrogen (secondary N) is 1. The van der Waals surface area contributed by atoms with Gasteiger partial charge in [-0.2, -0.15) is 4.98 Å². The second kappa shape index (κ2) is 9.60. The monoisotopic (exact) mass is 415 g/mol. The number of aromatic nitrogens is 2. The Morgan fingerprint density at radius 3 is 2.35 bits per heavy atom. The van der Waals surface area contributed by atoms with Gasteiger partial charge in [-0.25, -0.2) is 4.98 Å². The molecule has 1 N–H and O–H groups in total. The van der Waals surface area contributed by atoms with Crippen LogP contribution in [0.15, 0.2) is 60.7 Å². The third kappa shape index (κ3) is 5.60. The number of carbonyl (C=O) groups excluding carboxylic acids is 1. The molecule has 0 unspecified atom stereocenters. The minimum absolute atomic E-state index is 0.226. The Kier molecular flexibility index (Phi) is 6.46. The lowest BCUT2D eigenvalue weighted by atomic mass is 10.1. The summed E-state index contributed by atoms with van der Waals surface area (Å²) in [6, 6.07) is 20.4. The van der Waals surface area contributed by atoms with E-state index in [2.05, 4.69) is 46.4 Å². The van der Waals surface area contributed by atoms with E-state index in [1.165, 1.54) is 11.1 Å². The number of piperazine rings is 1. The van der Waals surface area contributed by atoms with E-state index in [0.29, 0.717) is 12.4 Å². The van der Waals surface area contributed by atoms with Crippen LogP contribution in [-0.4, -0.2) is 47.0 Å². The average molecular weight is 416 g/mol. The van der Waals surface area contributed by atoms with Gasteiger partial charge in [-0.1, -0.05) is 48.0 Å². The Bertz CT molecular complexity index is 1010. The van der Waals surface area contributed by atoms with Crippen molar-refractivity contribution in [2.75, 3.05) is 36.4 Å². The fourth-order valence-electron chi connectivity index (χ4n) is 3.77. The molecule has 3 aromatic rings. The Morgan fingerprint density at radius 1 is 0.935 bits per heavy atom. The van der Waals surface area contributed by atoms with Crippen LogP contribution in [0.2, 0.25) is 0 Å². The van der Waals surface area contributed by atoms with Gasteiger partial charge in [0.2, 0.25) is 11.9 Å². The predicted octanol–water partition coefficient (Wildman–Crippen LogP) is 4.12. The lowest BCUT2D eigenvalue weighted by Crippen LogP contribution is -2.49. The van der Waals surface area contributed by atoms with Crippen LogP contribution in [0.1, 0.15) is 23.2 Å². The van der Waals surface area contributed by atoms with Crippen molar-refractivity contribution in [3.63, 3.8) is 0 Å². The van der Waals surface area contributed by atoms with Crippen LogP contribution in [0.3, 0.4) is 0 Å². The van der Waals surface area contributed by atoms with Crippen LogP contribution in [0.5, 0.6) is 0 Å². The molecule has 1 saturated heterocycles. The number of carbonyl (C=O) groups is 1. The normalized spacial score (nSPS) is 13.9. The van der Waals surface area contributed by atoms with Crippen LogP contribution >= 0.6 is 0 Å². The molecule has 1 fully saturated rings. The van der Waals surface area contributed by atoms with Crippen molar-refractivity contribution in [2.45, 2.75) is 26.7 Å². The minimum Gasteiger partial charge on any atom is -0.353 e. The number of nitrogens with zero attached hydrogens (tertiary/aromatic N) is 4. The van der Waals surface area contributed by atoms with Crippen LogP contribution < -0.4 is 10.2 Å². The van der Waals surface area contributed by atoms with Crippen LogP contribution in [0, 0.1) is 13.8 Å². The van der Waals surface area contributed by atoms with Crippen LogP contribution in [0.4, 0.5) is 17.5 Å². The van der Waals surface area contributed by atoms with Crippen molar-refractivity contribution in [1.82, 2.24) is 14.9 Å². The summed E-state index contributed by atoms with van der Waals surface area (Å²) >= 11 is 0. The first-order chi connectivity index (χ1) is 15.1. The minimum atomic E-state index is 0.226. The molecule has 0 spiro atoms. The van der Waals surface area contributed by atoms with E-state index in [-0.39, 0.29) is 5.91 Å². The number of aryl methyl sites for hydroxylation is 3. The van der Waals surface area contributed by atoms with Crippen molar-refractivity contribution in [1.29, 1.82) is 0 Å². The topological polar surface area (TPSA) is 61.4 Å². The Balaban J connectivity index is 1.34. The molecule has 31 heavy (non-hydrogen) atoms. The summed E-state index contributed by atoms with van der Waals surface area (Å²) in [6.45, 7) is 7.04. The molecule has 0 atom stereocenters.